The molecule has 100 valence electrons. The van der Waals surface area contributed by atoms with Gasteiger partial charge in [0.15, 0.2) is 0 Å². The SMILES string of the molecule is CCCC1CC(=O)N(Cn2ccnc2C(C)C)C1. The van der Waals surface area contributed by atoms with E-state index in [1.807, 2.05) is 17.3 Å². The molecular formula is C14H23N3O. The molecule has 1 aliphatic rings. The van der Waals surface area contributed by atoms with Gasteiger partial charge >= 0.3 is 0 Å². The average molecular weight is 249 g/mol. The molecule has 0 bridgehead atoms. The summed E-state index contributed by atoms with van der Waals surface area (Å²) >= 11 is 0. The van der Waals surface area contributed by atoms with E-state index in [2.05, 4.69) is 30.3 Å². The molecule has 0 N–H and O–H groups in total. The van der Waals surface area contributed by atoms with Crippen LogP contribution in [0.25, 0.3) is 0 Å². The molecule has 0 radical (unpaired) electrons. The number of likely N-dealkylation sites (tertiary alicyclic amines) is 1. The van der Waals surface area contributed by atoms with Crippen molar-refractivity contribution in [2.24, 2.45) is 5.92 Å². The number of rotatable bonds is 5. The standard InChI is InChI=1S/C14H23N3O/c1-4-5-12-8-13(18)17(9-12)10-16-7-6-15-14(16)11(2)3/h6-7,11-12H,4-5,8-10H2,1-3H3. The van der Waals surface area contributed by atoms with Crippen LogP contribution in [0, 0.1) is 5.92 Å². The maximum atomic E-state index is 12.0. The van der Waals surface area contributed by atoms with Crippen LogP contribution in [0.4, 0.5) is 0 Å². The van der Waals surface area contributed by atoms with E-state index in [4.69, 9.17) is 0 Å². The van der Waals surface area contributed by atoms with Crippen LogP contribution in [0.5, 0.6) is 0 Å². The van der Waals surface area contributed by atoms with Crippen LogP contribution in [0.15, 0.2) is 12.4 Å². The Labute approximate surface area is 109 Å². The molecule has 1 unspecified atom stereocenters. The maximum Gasteiger partial charge on any atom is 0.224 e. The fourth-order valence-corrected chi connectivity index (χ4v) is 2.72. The lowest BCUT2D eigenvalue weighted by Gasteiger charge is -2.19. The summed E-state index contributed by atoms with van der Waals surface area (Å²) < 4.78 is 2.09. The molecule has 1 atom stereocenters. The molecule has 1 saturated heterocycles. The molecule has 1 aliphatic heterocycles. The summed E-state index contributed by atoms with van der Waals surface area (Å²) in [6.45, 7) is 8.00. The second kappa shape index (κ2) is 5.55. The highest BCUT2D eigenvalue weighted by atomic mass is 16.2. The lowest BCUT2D eigenvalue weighted by atomic mass is 10.0. The van der Waals surface area contributed by atoms with Crippen LogP contribution in [-0.4, -0.2) is 26.9 Å². The second-order valence-corrected chi connectivity index (χ2v) is 5.53. The number of aromatic nitrogens is 2. The highest BCUT2D eigenvalue weighted by Gasteiger charge is 2.29. The molecule has 1 aromatic heterocycles. The van der Waals surface area contributed by atoms with Crippen LogP contribution >= 0.6 is 0 Å². The van der Waals surface area contributed by atoms with Crippen LogP contribution in [-0.2, 0) is 11.5 Å². The number of carbonyl (C=O) groups is 1. The third kappa shape index (κ3) is 2.74. The molecule has 18 heavy (non-hydrogen) atoms. The minimum absolute atomic E-state index is 0.289. The summed E-state index contributed by atoms with van der Waals surface area (Å²) in [6, 6.07) is 0. The van der Waals surface area contributed by atoms with E-state index in [0.717, 1.165) is 31.6 Å². The highest BCUT2D eigenvalue weighted by molar-refractivity contribution is 5.78. The van der Waals surface area contributed by atoms with Crippen molar-refractivity contribution in [2.75, 3.05) is 6.54 Å². The Balaban J connectivity index is 2.01. The van der Waals surface area contributed by atoms with Crippen molar-refractivity contribution in [3.05, 3.63) is 18.2 Å². The van der Waals surface area contributed by atoms with Crippen molar-refractivity contribution in [3.8, 4) is 0 Å². The first-order valence-corrected chi connectivity index (χ1v) is 6.90. The van der Waals surface area contributed by atoms with Crippen molar-refractivity contribution >= 4 is 5.91 Å². The summed E-state index contributed by atoms with van der Waals surface area (Å²) in [5.41, 5.74) is 0. The predicted molar refractivity (Wildman–Crippen MR) is 71.0 cm³/mol. The molecule has 2 heterocycles. The van der Waals surface area contributed by atoms with Gasteiger partial charge in [0, 0.05) is 31.3 Å². The minimum Gasteiger partial charge on any atom is -0.324 e. The number of carbonyl (C=O) groups excluding carboxylic acids is 1. The first-order chi connectivity index (χ1) is 8.61. The second-order valence-electron chi connectivity index (χ2n) is 5.53. The largest absolute Gasteiger partial charge is 0.324 e. The Kier molecular flexibility index (Phi) is 4.04. The quantitative estimate of drug-likeness (QED) is 0.804. The molecule has 0 aromatic carbocycles. The molecule has 1 aromatic rings. The van der Waals surface area contributed by atoms with Crippen molar-refractivity contribution in [1.82, 2.24) is 14.5 Å². The Bertz CT molecular complexity index is 411. The van der Waals surface area contributed by atoms with Crippen LogP contribution in [0.3, 0.4) is 0 Å². The first kappa shape index (κ1) is 13.1. The van der Waals surface area contributed by atoms with E-state index in [9.17, 15) is 4.79 Å². The van der Waals surface area contributed by atoms with E-state index in [1.54, 1.807) is 0 Å². The van der Waals surface area contributed by atoms with Crippen molar-refractivity contribution in [1.29, 1.82) is 0 Å². The average Bonchev–Trinajstić information content (AvgIpc) is 2.88. The van der Waals surface area contributed by atoms with Gasteiger partial charge in [-0.2, -0.15) is 0 Å². The van der Waals surface area contributed by atoms with E-state index in [1.165, 1.54) is 0 Å². The minimum atomic E-state index is 0.289. The topological polar surface area (TPSA) is 38.1 Å². The van der Waals surface area contributed by atoms with Gasteiger partial charge in [0.05, 0.1) is 6.67 Å². The molecule has 0 aliphatic carbocycles. The lowest BCUT2D eigenvalue weighted by molar-refractivity contribution is -0.129. The fraction of sp³-hybridized carbons (Fsp3) is 0.714. The summed E-state index contributed by atoms with van der Waals surface area (Å²) in [7, 11) is 0. The smallest absolute Gasteiger partial charge is 0.224 e. The van der Waals surface area contributed by atoms with Gasteiger partial charge in [0.25, 0.3) is 0 Å². The Morgan fingerprint density at radius 2 is 2.28 bits per heavy atom. The zero-order valence-electron chi connectivity index (χ0n) is 11.6. The van der Waals surface area contributed by atoms with Crippen LogP contribution in [0.2, 0.25) is 0 Å². The molecule has 0 saturated carbocycles. The molecule has 1 fully saturated rings. The first-order valence-electron chi connectivity index (χ1n) is 6.90. The fourth-order valence-electron chi connectivity index (χ4n) is 2.72. The molecule has 2 rings (SSSR count). The molecule has 0 spiro atoms. The number of hydrogen-bond acceptors (Lipinski definition) is 2. The van der Waals surface area contributed by atoms with Gasteiger partial charge in [-0.15, -0.1) is 0 Å². The molecule has 4 heteroatoms. The van der Waals surface area contributed by atoms with Crippen molar-refractivity contribution in [2.45, 2.75) is 52.6 Å². The lowest BCUT2D eigenvalue weighted by Crippen LogP contribution is -2.28. The van der Waals surface area contributed by atoms with E-state index in [-0.39, 0.29) is 5.91 Å². The van der Waals surface area contributed by atoms with Crippen molar-refractivity contribution < 1.29 is 4.79 Å². The van der Waals surface area contributed by atoms with E-state index in [0.29, 0.717) is 18.5 Å². The van der Waals surface area contributed by atoms with Crippen LogP contribution in [0.1, 0.15) is 51.8 Å². The van der Waals surface area contributed by atoms with Gasteiger partial charge in [-0.25, -0.2) is 4.98 Å². The number of hydrogen-bond donors (Lipinski definition) is 0. The summed E-state index contributed by atoms with van der Waals surface area (Å²) in [6.07, 6.45) is 6.83. The molecule has 4 nitrogen and oxygen atoms in total. The van der Waals surface area contributed by atoms with E-state index >= 15 is 0 Å². The molecule has 1 amide bonds. The highest BCUT2D eigenvalue weighted by Crippen LogP contribution is 2.23. The van der Waals surface area contributed by atoms with Gasteiger partial charge < -0.3 is 9.47 Å². The van der Waals surface area contributed by atoms with Gasteiger partial charge in [0.2, 0.25) is 5.91 Å². The Morgan fingerprint density at radius 1 is 1.50 bits per heavy atom. The van der Waals surface area contributed by atoms with Crippen LogP contribution < -0.4 is 0 Å². The zero-order chi connectivity index (χ0) is 13.1. The predicted octanol–water partition coefficient (Wildman–Crippen LogP) is 2.61. The summed E-state index contributed by atoms with van der Waals surface area (Å²) in [5, 5.41) is 0. The van der Waals surface area contributed by atoms with Gasteiger partial charge in [-0.05, 0) is 12.3 Å². The third-order valence-electron chi connectivity index (χ3n) is 3.58. The summed E-state index contributed by atoms with van der Waals surface area (Å²) in [4.78, 5) is 18.3. The van der Waals surface area contributed by atoms with Gasteiger partial charge in [-0.1, -0.05) is 27.2 Å². The maximum absolute atomic E-state index is 12.0. The van der Waals surface area contributed by atoms with Gasteiger partial charge in [0.1, 0.15) is 5.82 Å². The zero-order valence-corrected chi connectivity index (χ0v) is 11.6. The molecular weight excluding hydrogens is 226 g/mol. The number of nitrogens with zero attached hydrogens (tertiary/aromatic N) is 3. The van der Waals surface area contributed by atoms with Crippen molar-refractivity contribution in [3.63, 3.8) is 0 Å². The number of amides is 1. The Morgan fingerprint density at radius 3 is 2.94 bits per heavy atom. The Hall–Kier alpha value is -1.32. The monoisotopic (exact) mass is 249 g/mol. The van der Waals surface area contributed by atoms with E-state index < -0.39 is 0 Å². The van der Waals surface area contributed by atoms with Gasteiger partial charge in [-0.3, -0.25) is 4.79 Å². The third-order valence-corrected chi connectivity index (χ3v) is 3.58. The summed E-state index contributed by atoms with van der Waals surface area (Å²) in [5.74, 6) is 2.29. The number of imidazole rings is 1. The normalized spacial score (nSPS) is 20.1.